The number of ether oxygens (including phenoxy) is 3. The zero-order valence-electron chi connectivity index (χ0n) is 25.7. The van der Waals surface area contributed by atoms with Gasteiger partial charge in [-0.05, 0) is 98.3 Å². The Morgan fingerprint density at radius 1 is 0.955 bits per heavy atom. The summed E-state index contributed by atoms with van der Waals surface area (Å²) >= 11 is 0. The molecule has 0 amide bonds. The lowest BCUT2D eigenvalue weighted by molar-refractivity contribution is -0.180. The van der Waals surface area contributed by atoms with E-state index in [2.05, 4.69) is 10.0 Å². The molecule has 1 heterocycles. The van der Waals surface area contributed by atoms with Gasteiger partial charge in [0.2, 0.25) is 5.79 Å². The van der Waals surface area contributed by atoms with Crippen LogP contribution in [0.2, 0.25) is 0 Å². The monoisotopic (exact) mass is 628 g/mol. The quantitative estimate of drug-likeness (QED) is 0.138. The van der Waals surface area contributed by atoms with Gasteiger partial charge in [0.15, 0.2) is 0 Å². The number of fused-ring (bicyclic) bond motifs is 1. The van der Waals surface area contributed by atoms with Crippen molar-refractivity contribution in [1.82, 2.24) is 5.32 Å². The lowest BCUT2D eigenvalue weighted by atomic mass is 10.0. The molecule has 0 spiro atoms. The zero-order valence-corrected chi connectivity index (χ0v) is 26.5. The van der Waals surface area contributed by atoms with Crippen molar-refractivity contribution in [3.05, 3.63) is 89.2 Å². The molecule has 3 aromatic carbocycles. The van der Waals surface area contributed by atoms with Crippen molar-refractivity contribution in [1.29, 1.82) is 0 Å². The molecule has 8 nitrogen and oxygen atoms in total. The summed E-state index contributed by atoms with van der Waals surface area (Å²) in [5.41, 5.74) is 3.08. The molecule has 3 N–H and O–H groups in total. The maximum absolute atomic E-state index is 13.1. The van der Waals surface area contributed by atoms with E-state index in [0.717, 1.165) is 80.5 Å². The van der Waals surface area contributed by atoms with E-state index >= 15 is 0 Å². The lowest BCUT2D eigenvalue weighted by Crippen LogP contribution is -2.35. The highest BCUT2D eigenvalue weighted by atomic mass is 32.2. The Bertz CT molecular complexity index is 1430. The van der Waals surface area contributed by atoms with Crippen LogP contribution in [-0.4, -0.2) is 45.6 Å². The first-order chi connectivity index (χ1) is 21.1. The minimum atomic E-state index is -3.75. The third-order valence-corrected chi connectivity index (χ3v) is 8.82. The van der Waals surface area contributed by atoms with Crippen molar-refractivity contribution in [3.63, 3.8) is 0 Å². The van der Waals surface area contributed by atoms with Gasteiger partial charge in [0.1, 0.15) is 11.6 Å². The van der Waals surface area contributed by atoms with Crippen molar-refractivity contribution in [2.24, 2.45) is 0 Å². The summed E-state index contributed by atoms with van der Waals surface area (Å²) in [6.45, 7) is 7.03. The maximum atomic E-state index is 13.1. The van der Waals surface area contributed by atoms with E-state index < -0.39 is 27.7 Å². The van der Waals surface area contributed by atoms with E-state index in [1.54, 1.807) is 18.2 Å². The first-order valence-electron chi connectivity index (χ1n) is 15.4. The van der Waals surface area contributed by atoms with Gasteiger partial charge in [-0.3, -0.25) is 4.72 Å². The van der Waals surface area contributed by atoms with Crippen LogP contribution >= 0.6 is 0 Å². The van der Waals surface area contributed by atoms with E-state index in [4.69, 9.17) is 14.2 Å². The largest absolute Gasteiger partial charge is 0.463 e. The number of unbranched alkanes of at least 4 members (excludes halogenated alkanes) is 4. The number of aliphatic hydroxyl groups is 1. The lowest BCUT2D eigenvalue weighted by Gasteiger charge is -2.33. The van der Waals surface area contributed by atoms with Crippen LogP contribution in [0.5, 0.6) is 5.75 Å². The molecule has 44 heavy (non-hydrogen) atoms. The maximum Gasteiger partial charge on any atom is 0.261 e. The molecular weight excluding hydrogens is 583 g/mol. The third kappa shape index (κ3) is 10.9. The minimum absolute atomic E-state index is 0.187. The highest BCUT2D eigenvalue weighted by molar-refractivity contribution is 7.92. The molecular formula is C34H45FN2O6S. The second kappa shape index (κ2) is 16.3. The summed E-state index contributed by atoms with van der Waals surface area (Å²) in [6.07, 6.45) is 6.24. The Kier molecular flexibility index (Phi) is 12.6. The van der Waals surface area contributed by atoms with Gasteiger partial charge in [0.05, 0.1) is 17.6 Å². The average molecular weight is 629 g/mol. The number of anilines is 1. The van der Waals surface area contributed by atoms with Crippen LogP contribution in [0, 0.1) is 5.82 Å². The fourth-order valence-corrected chi connectivity index (χ4v) is 6.09. The SMILES string of the molecule is CC1(C)OCc2cc(C(O)CNCCCCCCOCCCCc3cccc(S(=O)(=O)Nc4ccc(F)cc4)c3)ccc2O1. The van der Waals surface area contributed by atoms with Crippen LogP contribution in [0.15, 0.2) is 71.6 Å². The molecule has 0 bridgehead atoms. The van der Waals surface area contributed by atoms with Gasteiger partial charge in [0.25, 0.3) is 10.0 Å². The number of nitrogens with one attached hydrogen (secondary N) is 2. The molecule has 10 heteroatoms. The summed E-state index contributed by atoms with van der Waals surface area (Å²) in [5.74, 6) is -0.237. The number of hydrogen-bond acceptors (Lipinski definition) is 7. The van der Waals surface area contributed by atoms with Crippen molar-refractivity contribution < 1.29 is 32.1 Å². The molecule has 0 saturated heterocycles. The van der Waals surface area contributed by atoms with E-state index in [9.17, 15) is 17.9 Å². The normalized spacial score (nSPS) is 14.9. The van der Waals surface area contributed by atoms with E-state index in [-0.39, 0.29) is 4.90 Å². The fourth-order valence-electron chi connectivity index (χ4n) is 4.96. The third-order valence-electron chi connectivity index (χ3n) is 7.44. The van der Waals surface area contributed by atoms with E-state index in [1.807, 2.05) is 38.1 Å². The molecule has 0 aromatic heterocycles. The second-order valence-corrected chi connectivity index (χ2v) is 13.3. The van der Waals surface area contributed by atoms with Crippen LogP contribution in [-0.2, 0) is 32.5 Å². The number of hydrogen-bond donors (Lipinski definition) is 3. The summed E-state index contributed by atoms with van der Waals surface area (Å²) in [7, 11) is -3.75. The standard InChI is InChI=1S/C34H45FN2O6S/c1-34(2)42-25-28-23-27(13-18-33(28)43-34)32(38)24-36-19-6-3-4-7-20-41-21-8-5-10-26-11-9-12-31(22-26)44(39,40)37-30-16-14-29(35)15-17-30/h9,11-18,22-23,32,36-38H,3-8,10,19-21,24-25H2,1-2H3. The molecule has 1 aliphatic heterocycles. The molecule has 1 atom stereocenters. The zero-order chi connectivity index (χ0) is 31.4. The summed E-state index contributed by atoms with van der Waals surface area (Å²) < 4.78 is 58.3. The number of rotatable bonds is 18. The molecule has 1 unspecified atom stereocenters. The highest BCUT2D eigenvalue weighted by Gasteiger charge is 2.27. The smallest absolute Gasteiger partial charge is 0.261 e. The Balaban J connectivity index is 1.00. The minimum Gasteiger partial charge on any atom is -0.463 e. The Morgan fingerprint density at radius 2 is 1.70 bits per heavy atom. The van der Waals surface area contributed by atoms with Crippen molar-refractivity contribution in [2.75, 3.05) is 31.0 Å². The number of aryl methyl sites for hydroxylation is 1. The highest BCUT2D eigenvalue weighted by Crippen LogP contribution is 2.32. The molecule has 0 radical (unpaired) electrons. The molecule has 4 rings (SSSR count). The second-order valence-electron chi connectivity index (χ2n) is 11.6. The van der Waals surface area contributed by atoms with Gasteiger partial charge >= 0.3 is 0 Å². The van der Waals surface area contributed by atoms with Crippen molar-refractivity contribution in [2.45, 2.75) is 82.2 Å². The van der Waals surface area contributed by atoms with Gasteiger partial charge in [-0.15, -0.1) is 0 Å². The molecule has 0 fully saturated rings. The van der Waals surface area contributed by atoms with E-state index in [0.29, 0.717) is 25.4 Å². The average Bonchev–Trinajstić information content (AvgIpc) is 3.00. The van der Waals surface area contributed by atoms with Gasteiger partial charge in [-0.2, -0.15) is 0 Å². The first-order valence-corrected chi connectivity index (χ1v) is 16.9. The Morgan fingerprint density at radius 3 is 2.50 bits per heavy atom. The summed E-state index contributed by atoms with van der Waals surface area (Å²) in [4.78, 5) is 0.187. The molecule has 3 aromatic rings. The molecule has 240 valence electrons. The van der Waals surface area contributed by atoms with Crippen molar-refractivity contribution in [3.8, 4) is 5.75 Å². The first kappa shape index (κ1) is 33.9. The summed E-state index contributed by atoms with van der Waals surface area (Å²) in [6, 6.07) is 17.9. The summed E-state index contributed by atoms with van der Waals surface area (Å²) in [5, 5.41) is 13.9. The number of sulfonamides is 1. The molecule has 1 aliphatic rings. The van der Waals surface area contributed by atoms with Crippen LogP contribution in [0.4, 0.5) is 10.1 Å². The molecule has 0 aliphatic carbocycles. The Hall–Kier alpha value is -3.02. The fraction of sp³-hybridized carbons (Fsp3) is 0.471. The number of benzene rings is 3. The van der Waals surface area contributed by atoms with Crippen LogP contribution in [0.1, 0.15) is 75.2 Å². The van der Waals surface area contributed by atoms with Gasteiger partial charge in [-0.25, -0.2) is 12.8 Å². The topological polar surface area (TPSA) is 106 Å². The predicted molar refractivity (Wildman–Crippen MR) is 170 cm³/mol. The number of halogens is 1. The van der Waals surface area contributed by atoms with Gasteiger partial charge in [0, 0.05) is 44.9 Å². The van der Waals surface area contributed by atoms with Crippen LogP contribution in [0.3, 0.4) is 0 Å². The van der Waals surface area contributed by atoms with Gasteiger partial charge < -0.3 is 24.6 Å². The van der Waals surface area contributed by atoms with Gasteiger partial charge in [-0.1, -0.05) is 31.0 Å². The van der Waals surface area contributed by atoms with Crippen molar-refractivity contribution >= 4 is 15.7 Å². The predicted octanol–water partition coefficient (Wildman–Crippen LogP) is 6.49. The molecule has 0 saturated carbocycles. The Labute approximate surface area is 261 Å². The van der Waals surface area contributed by atoms with E-state index in [1.165, 1.54) is 24.3 Å². The number of aliphatic hydroxyl groups excluding tert-OH is 1. The van der Waals surface area contributed by atoms with Crippen LogP contribution < -0.4 is 14.8 Å². The van der Waals surface area contributed by atoms with Crippen LogP contribution in [0.25, 0.3) is 0 Å².